The zero-order chi connectivity index (χ0) is 8.55. The van der Waals surface area contributed by atoms with E-state index in [4.69, 9.17) is 11.6 Å². The molecule has 1 saturated carbocycles. The highest BCUT2D eigenvalue weighted by Gasteiger charge is 2.28. The SMILES string of the molecule is Clc1ccccc1[C@H]1C[C@H](I)C1. The summed E-state index contributed by atoms with van der Waals surface area (Å²) in [4.78, 5) is 0. The van der Waals surface area contributed by atoms with Crippen molar-refractivity contribution in [1.29, 1.82) is 0 Å². The van der Waals surface area contributed by atoms with Crippen LogP contribution in [0.1, 0.15) is 24.3 Å². The van der Waals surface area contributed by atoms with Crippen molar-refractivity contribution in [2.24, 2.45) is 0 Å². The predicted octanol–water partition coefficient (Wildman–Crippen LogP) is 4.02. The summed E-state index contributed by atoms with van der Waals surface area (Å²) >= 11 is 8.58. The van der Waals surface area contributed by atoms with Crippen molar-refractivity contribution in [3.63, 3.8) is 0 Å². The molecule has 1 fully saturated rings. The Morgan fingerprint density at radius 2 is 1.92 bits per heavy atom. The molecule has 2 heteroatoms. The van der Waals surface area contributed by atoms with Crippen LogP contribution in [0.15, 0.2) is 24.3 Å². The predicted molar refractivity (Wildman–Crippen MR) is 61.2 cm³/mol. The van der Waals surface area contributed by atoms with Gasteiger partial charge in [-0.1, -0.05) is 52.4 Å². The fraction of sp³-hybridized carbons (Fsp3) is 0.400. The van der Waals surface area contributed by atoms with E-state index in [-0.39, 0.29) is 0 Å². The molecular weight excluding hydrogens is 282 g/mol. The molecule has 0 nitrogen and oxygen atoms in total. The van der Waals surface area contributed by atoms with Crippen LogP contribution in [0.3, 0.4) is 0 Å². The minimum Gasteiger partial charge on any atom is -0.0840 e. The Balaban J connectivity index is 2.18. The molecule has 64 valence electrons. The van der Waals surface area contributed by atoms with Crippen molar-refractivity contribution >= 4 is 34.2 Å². The quantitative estimate of drug-likeness (QED) is 0.542. The van der Waals surface area contributed by atoms with Gasteiger partial charge in [0.05, 0.1) is 0 Å². The summed E-state index contributed by atoms with van der Waals surface area (Å²) in [5.41, 5.74) is 1.34. The van der Waals surface area contributed by atoms with Crippen LogP contribution in [0.5, 0.6) is 0 Å². The van der Waals surface area contributed by atoms with Crippen molar-refractivity contribution in [2.75, 3.05) is 0 Å². The first-order chi connectivity index (χ1) is 5.77. The van der Waals surface area contributed by atoms with Gasteiger partial charge in [0.2, 0.25) is 0 Å². The average Bonchev–Trinajstić information content (AvgIpc) is 2.01. The zero-order valence-electron chi connectivity index (χ0n) is 6.63. The van der Waals surface area contributed by atoms with E-state index in [1.165, 1.54) is 18.4 Å². The molecule has 1 aromatic rings. The number of hydrogen-bond donors (Lipinski definition) is 0. The third-order valence-electron chi connectivity index (χ3n) is 2.43. The van der Waals surface area contributed by atoms with Crippen LogP contribution in [-0.4, -0.2) is 3.92 Å². The van der Waals surface area contributed by atoms with Gasteiger partial charge in [-0.25, -0.2) is 0 Å². The Morgan fingerprint density at radius 1 is 1.25 bits per heavy atom. The van der Waals surface area contributed by atoms with Gasteiger partial charge in [-0.15, -0.1) is 0 Å². The van der Waals surface area contributed by atoms with E-state index in [0.29, 0.717) is 0 Å². The van der Waals surface area contributed by atoms with Crippen molar-refractivity contribution < 1.29 is 0 Å². The van der Waals surface area contributed by atoms with Gasteiger partial charge in [0.15, 0.2) is 0 Å². The molecule has 0 heterocycles. The molecule has 0 amide bonds. The Morgan fingerprint density at radius 3 is 2.50 bits per heavy atom. The van der Waals surface area contributed by atoms with E-state index in [0.717, 1.165) is 14.9 Å². The molecule has 0 spiro atoms. The van der Waals surface area contributed by atoms with Gasteiger partial charge in [0, 0.05) is 8.95 Å². The summed E-state index contributed by atoms with van der Waals surface area (Å²) in [6.07, 6.45) is 2.59. The average molecular weight is 293 g/mol. The molecule has 1 aromatic carbocycles. The fourth-order valence-corrected chi connectivity index (χ4v) is 3.13. The lowest BCUT2D eigenvalue weighted by atomic mass is 9.80. The van der Waals surface area contributed by atoms with Crippen LogP contribution in [-0.2, 0) is 0 Å². The summed E-state index contributed by atoms with van der Waals surface area (Å²) in [7, 11) is 0. The Hall–Kier alpha value is 0.240. The van der Waals surface area contributed by atoms with Gasteiger partial charge in [-0.2, -0.15) is 0 Å². The molecule has 1 aliphatic rings. The van der Waals surface area contributed by atoms with Gasteiger partial charge in [-0.05, 0) is 30.4 Å². The first-order valence-corrected chi connectivity index (χ1v) is 5.78. The molecule has 0 radical (unpaired) electrons. The topological polar surface area (TPSA) is 0 Å². The molecule has 2 rings (SSSR count). The maximum absolute atomic E-state index is 6.08. The Kier molecular flexibility index (Phi) is 2.60. The van der Waals surface area contributed by atoms with Crippen LogP contribution in [0.2, 0.25) is 5.02 Å². The van der Waals surface area contributed by atoms with Crippen LogP contribution in [0, 0.1) is 0 Å². The summed E-state index contributed by atoms with van der Waals surface area (Å²) in [5, 5.41) is 0.936. The zero-order valence-corrected chi connectivity index (χ0v) is 9.55. The number of benzene rings is 1. The van der Waals surface area contributed by atoms with Crippen LogP contribution >= 0.6 is 34.2 Å². The number of halogens is 2. The summed E-state index contributed by atoms with van der Waals surface area (Å²) in [5.74, 6) is 0.723. The lowest BCUT2D eigenvalue weighted by molar-refractivity contribution is 0.450. The van der Waals surface area contributed by atoms with Crippen LogP contribution in [0.25, 0.3) is 0 Å². The molecule has 0 aromatic heterocycles. The Bertz CT molecular complexity index is 279. The third-order valence-corrected chi connectivity index (χ3v) is 3.79. The van der Waals surface area contributed by atoms with Gasteiger partial charge in [0.25, 0.3) is 0 Å². The van der Waals surface area contributed by atoms with E-state index >= 15 is 0 Å². The van der Waals surface area contributed by atoms with Crippen molar-refractivity contribution in [1.82, 2.24) is 0 Å². The highest BCUT2D eigenvalue weighted by molar-refractivity contribution is 14.1. The van der Waals surface area contributed by atoms with E-state index in [2.05, 4.69) is 34.7 Å². The number of alkyl halides is 1. The van der Waals surface area contributed by atoms with Crippen molar-refractivity contribution in [3.8, 4) is 0 Å². The monoisotopic (exact) mass is 292 g/mol. The molecular formula is C10H10ClI. The molecule has 0 unspecified atom stereocenters. The summed E-state index contributed by atoms with van der Waals surface area (Å²) < 4.78 is 0.865. The maximum Gasteiger partial charge on any atom is 0.0440 e. The molecule has 0 aliphatic heterocycles. The largest absolute Gasteiger partial charge is 0.0840 e. The molecule has 12 heavy (non-hydrogen) atoms. The normalized spacial score (nSPS) is 28.2. The van der Waals surface area contributed by atoms with Gasteiger partial charge < -0.3 is 0 Å². The lowest BCUT2D eigenvalue weighted by Gasteiger charge is -2.32. The van der Waals surface area contributed by atoms with Crippen LogP contribution < -0.4 is 0 Å². The minimum absolute atomic E-state index is 0.723. The van der Waals surface area contributed by atoms with E-state index in [1.54, 1.807) is 0 Å². The fourth-order valence-electron chi connectivity index (χ4n) is 1.61. The van der Waals surface area contributed by atoms with Gasteiger partial charge in [0.1, 0.15) is 0 Å². The highest BCUT2D eigenvalue weighted by atomic mass is 127. The lowest BCUT2D eigenvalue weighted by Crippen LogP contribution is -2.21. The first-order valence-electron chi connectivity index (χ1n) is 4.16. The van der Waals surface area contributed by atoms with E-state index in [1.807, 2.05) is 12.1 Å². The first kappa shape index (κ1) is 8.82. The molecule has 0 atom stereocenters. The van der Waals surface area contributed by atoms with Crippen molar-refractivity contribution in [3.05, 3.63) is 34.9 Å². The molecule has 0 bridgehead atoms. The molecule has 0 N–H and O–H groups in total. The van der Waals surface area contributed by atoms with Gasteiger partial charge in [-0.3, -0.25) is 0 Å². The molecule has 1 aliphatic carbocycles. The summed E-state index contributed by atoms with van der Waals surface area (Å²) in [6, 6.07) is 8.20. The number of rotatable bonds is 1. The van der Waals surface area contributed by atoms with Crippen LogP contribution in [0.4, 0.5) is 0 Å². The Labute approximate surface area is 91.5 Å². The van der Waals surface area contributed by atoms with E-state index < -0.39 is 0 Å². The second kappa shape index (κ2) is 3.54. The second-order valence-electron chi connectivity index (χ2n) is 3.29. The standard InChI is InChI=1S/C10H10ClI/c11-10-4-2-1-3-9(10)7-5-8(12)6-7/h1-4,7-8H,5-6H2/t7-,8-. The smallest absolute Gasteiger partial charge is 0.0440 e. The minimum atomic E-state index is 0.723. The van der Waals surface area contributed by atoms with E-state index in [9.17, 15) is 0 Å². The van der Waals surface area contributed by atoms with Crippen molar-refractivity contribution in [2.45, 2.75) is 22.7 Å². The maximum atomic E-state index is 6.08. The third kappa shape index (κ3) is 1.62. The molecule has 0 saturated heterocycles. The summed E-state index contributed by atoms with van der Waals surface area (Å²) in [6.45, 7) is 0. The van der Waals surface area contributed by atoms with Gasteiger partial charge >= 0.3 is 0 Å². The second-order valence-corrected chi connectivity index (χ2v) is 5.46. The highest BCUT2D eigenvalue weighted by Crippen LogP contribution is 2.43. The number of hydrogen-bond acceptors (Lipinski definition) is 0.